The summed E-state index contributed by atoms with van der Waals surface area (Å²) < 4.78 is 26.5. The van der Waals surface area contributed by atoms with Crippen molar-refractivity contribution in [3.8, 4) is 6.07 Å². The zero-order valence-electron chi connectivity index (χ0n) is 11.4. The van der Waals surface area contributed by atoms with Crippen molar-refractivity contribution in [2.24, 2.45) is 0 Å². The van der Waals surface area contributed by atoms with Gasteiger partial charge in [0.25, 0.3) is 0 Å². The van der Waals surface area contributed by atoms with E-state index in [0.717, 1.165) is 11.3 Å². The van der Waals surface area contributed by atoms with E-state index in [9.17, 15) is 8.42 Å². The molecular formula is C15H15N3O2S. The van der Waals surface area contributed by atoms with Crippen LogP contribution in [0.3, 0.4) is 0 Å². The first-order chi connectivity index (χ1) is 10.1. The predicted octanol–water partition coefficient (Wildman–Crippen LogP) is 2.13. The average molecular weight is 301 g/mol. The van der Waals surface area contributed by atoms with E-state index < -0.39 is 10.0 Å². The van der Waals surface area contributed by atoms with Gasteiger partial charge in [-0.05, 0) is 29.8 Å². The first-order valence-corrected chi connectivity index (χ1v) is 8.10. The van der Waals surface area contributed by atoms with Crippen LogP contribution in [0.15, 0.2) is 48.7 Å². The highest BCUT2D eigenvalue weighted by molar-refractivity contribution is 7.92. The van der Waals surface area contributed by atoms with Crippen molar-refractivity contribution in [1.29, 1.82) is 5.26 Å². The van der Waals surface area contributed by atoms with Gasteiger partial charge in [0, 0.05) is 24.0 Å². The fraction of sp³-hybridized carbons (Fsp3) is 0.200. The topological polar surface area (TPSA) is 82.9 Å². The summed E-state index contributed by atoms with van der Waals surface area (Å²) in [7, 11) is -3.41. The zero-order chi connectivity index (χ0) is 15.1. The Bertz CT molecular complexity index is 720. The summed E-state index contributed by atoms with van der Waals surface area (Å²) in [5.74, 6) is -0.0238. The van der Waals surface area contributed by atoms with Gasteiger partial charge in [-0.2, -0.15) is 5.26 Å². The van der Waals surface area contributed by atoms with Gasteiger partial charge in [0.15, 0.2) is 0 Å². The second-order valence-electron chi connectivity index (χ2n) is 4.52. The molecule has 21 heavy (non-hydrogen) atoms. The average Bonchev–Trinajstić information content (AvgIpc) is 2.48. The monoisotopic (exact) mass is 301 g/mol. The lowest BCUT2D eigenvalue weighted by Gasteiger charge is -2.08. The van der Waals surface area contributed by atoms with E-state index in [1.807, 2.05) is 12.1 Å². The predicted molar refractivity (Wildman–Crippen MR) is 81.1 cm³/mol. The molecule has 0 aliphatic heterocycles. The Morgan fingerprint density at radius 2 is 1.90 bits per heavy atom. The molecule has 2 rings (SSSR count). The van der Waals surface area contributed by atoms with Gasteiger partial charge in [0.05, 0.1) is 18.2 Å². The molecule has 1 aromatic carbocycles. The summed E-state index contributed by atoms with van der Waals surface area (Å²) in [5, 5.41) is 8.59. The third kappa shape index (κ3) is 4.89. The third-order valence-corrected chi connectivity index (χ3v) is 4.15. The number of nitrogens with zero attached hydrogens (tertiary/aromatic N) is 2. The largest absolute Gasteiger partial charge is 0.284 e. The molecule has 0 aliphatic rings. The van der Waals surface area contributed by atoms with Crippen molar-refractivity contribution in [3.63, 3.8) is 0 Å². The molecule has 6 heteroatoms. The molecule has 1 aromatic heterocycles. The van der Waals surface area contributed by atoms with Gasteiger partial charge in [-0.3, -0.25) is 9.71 Å². The van der Waals surface area contributed by atoms with E-state index in [1.54, 1.807) is 42.6 Å². The van der Waals surface area contributed by atoms with Crippen molar-refractivity contribution in [1.82, 2.24) is 4.98 Å². The molecule has 0 unspecified atom stereocenters. The van der Waals surface area contributed by atoms with Gasteiger partial charge in [0.1, 0.15) is 0 Å². The number of aryl methyl sites for hydroxylation is 1. The summed E-state index contributed by atoms with van der Waals surface area (Å²) in [4.78, 5) is 4.10. The fourth-order valence-corrected chi connectivity index (χ4v) is 2.87. The van der Waals surface area contributed by atoms with Crippen molar-refractivity contribution in [2.45, 2.75) is 12.8 Å². The molecule has 0 fully saturated rings. The lowest BCUT2D eigenvalue weighted by Crippen LogP contribution is -2.18. The minimum Gasteiger partial charge on any atom is -0.284 e. The minimum atomic E-state index is -3.41. The number of sulfonamides is 1. The van der Waals surface area contributed by atoms with Gasteiger partial charge >= 0.3 is 0 Å². The Morgan fingerprint density at radius 3 is 2.52 bits per heavy atom. The van der Waals surface area contributed by atoms with Crippen LogP contribution in [0.2, 0.25) is 0 Å². The lowest BCUT2D eigenvalue weighted by atomic mass is 10.1. The number of nitrogens with one attached hydrogen (secondary N) is 1. The zero-order valence-corrected chi connectivity index (χ0v) is 12.2. The molecule has 0 bridgehead atoms. The first-order valence-electron chi connectivity index (χ1n) is 6.45. The maximum absolute atomic E-state index is 12.0. The van der Waals surface area contributed by atoms with Crippen LogP contribution in [-0.2, 0) is 22.9 Å². The van der Waals surface area contributed by atoms with Crippen molar-refractivity contribution < 1.29 is 8.42 Å². The van der Waals surface area contributed by atoms with Crippen LogP contribution >= 0.6 is 0 Å². The minimum absolute atomic E-state index is 0.0238. The summed E-state index contributed by atoms with van der Waals surface area (Å²) >= 11 is 0. The van der Waals surface area contributed by atoms with Gasteiger partial charge in [-0.15, -0.1) is 0 Å². The smallest absolute Gasteiger partial charge is 0.233 e. The SMILES string of the molecule is N#CCc1ccc(NS(=O)(=O)CCc2ccccn2)cc1. The van der Waals surface area contributed by atoms with E-state index >= 15 is 0 Å². The highest BCUT2D eigenvalue weighted by atomic mass is 32.2. The Hall–Kier alpha value is -2.39. The van der Waals surface area contributed by atoms with Crippen LogP contribution in [0, 0.1) is 11.3 Å². The normalized spacial score (nSPS) is 10.8. The Morgan fingerprint density at radius 1 is 1.14 bits per heavy atom. The number of pyridine rings is 1. The lowest BCUT2D eigenvalue weighted by molar-refractivity contribution is 0.600. The van der Waals surface area contributed by atoms with E-state index in [2.05, 4.69) is 9.71 Å². The molecule has 1 heterocycles. The van der Waals surface area contributed by atoms with Crippen molar-refractivity contribution >= 4 is 15.7 Å². The molecule has 0 aliphatic carbocycles. The fourth-order valence-electron chi connectivity index (χ4n) is 1.80. The summed E-state index contributed by atoms with van der Waals surface area (Å²) in [6.07, 6.45) is 2.32. The molecule has 0 amide bonds. The number of aromatic nitrogens is 1. The van der Waals surface area contributed by atoms with E-state index in [1.165, 1.54) is 0 Å². The number of nitriles is 1. The van der Waals surface area contributed by atoms with Crippen LogP contribution in [0.25, 0.3) is 0 Å². The number of benzene rings is 1. The molecule has 1 N–H and O–H groups in total. The highest BCUT2D eigenvalue weighted by Gasteiger charge is 2.11. The maximum atomic E-state index is 12.0. The maximum Gasteiger partial charge on any atom is 0.233 e. The highest BCUT2D eigenvalue weighted by Crippen LogP contribution is 2.12. The summed E-state index contributed by atoms with van der Waals surface area (Å²) in [5.41, 5.74) is 2.10. The molecule has 5 nitrogen and oxygen atoms in total. The quantitative estimate of drug-likeness (QED) is 0.886. The van der Waals surface area contributed by atoms with E-state index in [4.69, 9.17) is 5.26 Å². The molecule has 0 atom stereocenters. The third-order valence-electron chi connectivity index (χ3n) is 2.86. The van der Waals surface area contributed by atoms with Crippen LogP contribution < -0.4 is 4.72 Å². The molecule has 0 saturated heterocycles. The molecular weight excluding hydrogens is 286 g/mol. The van der Waals surface area contributed by atoms with Crippen LogP contribution in [0.5, 0.6) is 0 Å². The Labute approximate surface area is 124 Å². The molecule has 0 saturated carbocycles. The standard InChI is InChI=1S/C15H15N3O2S/c16-10-8-13-4-6-15(7-5-13)18-21(19,20)12-9-14-3-1-2-11-17-14/h1-7,11,18H,8-9,12H2. The Kier molecular flexibility index (Phi) is 4.90. The molecule has 0 spiro atoms. The summed E-state index contributed by atoms with van der Waals surface area (Å²) in [6.45, 7) is 0. The van der Waals surface area contributed by atoms with Gasteiger partial charge in [-0.25, -0.2) is 8.42 Å². The second kappa shape index (κ2) is 6.86. The first kappa shape index (κ1) is 15.0. The van der Waals surface area contributed by atoms with E-state index in [-0.39, 0.29) is 5.75 Å². The van der Waals surface area contributed by atoms with Crippen LogP contribution in [0.1, 0.15) is 11.3 Å². The van der Waals surface area contributed by atoms with Gasteiger partial charge < -0.3 is 0 Å². The van der Waals surface area contributed by atoms with Crippen LogP contribution in [0.4, 0.5) is 5.69 Å². The van der Waals surface area contributed by atoms with Crippen LogP contribution in [-0.4, -0.2) is 19.2 Å². The van der Waals surface area contributed by atoms with E-state index in [0.29, 0.717) is 18.5 Å². The number of hydrogen-bond donors (Lipinski definition) is 1. The molecule has 0 radical (unpaired) electrons. The second-order valence-corrected chi connectivity index (χ2v) is 6.37. The molecule has 2 aromatic rings. The number of anilines is 1. The van der Waals surface area contributed by atoms with Crippen molar-refractivity contribution in [2.75, 3.05) is 10.5 Å². The van der Waals surface area contributed by atoms with Gasteiger partial charge in [0.2, 0.25) is 10.0 Å². The Balaban J connectivity index is 1.96. The number of hydrogen-bond acceptors (Lipinski definition) is 4. The molecule has 108 valence electrons. The van der Waals surface area contributed by atoms with Gasteiger partial charge in [-0.1, -0.05) is 18.2 Å². The van der Waals surface area contributed by atoms with Crippen molar-refractivity contribution in [3.05, 3.63) is 59.9 Å². The number of rotatable bonds is 6. The summed E-state index contributed by atoms with van der Waals surface area (Å²) in [6, 6.07) is 14.3.